The molecule has 2 amide bonds. The van der Waals surface area contributed by atoms with Gasteiger partial charge in [-0.05, 0) is 56.7 Å². The summed E-state index contributed by atoms with van der Waals surface area (Å²) in [7, 11) is 1.23. The Morgan fingerprint density at radius 2 is 1.95 bits per heavy atom. The first-order valence-corrected chi connectivity index (χ1v) is 13.3. The molecule has 3 aliphatic rings. The number of halogens is 2. The smallest absolute Gasteiger partial charge is 0.387 e. The maximum absolute atomic E-state index is 13.8. The zero-order chi connectivity index (χ0) is 28.6. The van der Waals surface area contributed by atoms with Gasteiger partial charge in [0.2, 0.25) is 11.8 Å². The third kappa shape index (κ3) is 6.19. The van der Waals surface area contributed by atoms with Gasteiger partial charge in [-0.25, -0.2) is 9.78 Å². The standard InChI is InChI=1S/C27H32F2N4O7/c1-13(30)22-21(25(35)33-11-17(10-18(33)26(36)37-2)31-23(34)15-5-6-15)32-24(40-22)16-7-8-19(39-27(28)29)20(9-16)38-12-14-3-4-14/h7-9,13-15,17-18,27H,3-6,10-12,30H2,1-2H3,(H,31,34)/t13-,17?,18-/m0/s1. The van der Waals surface area contributed by atoms with Crippen LogP contribution in [0.3, 0.4) is 0 Å². The van der Waals surface area contributed by atoms with Gasteiger partial charge >= 0.3 is 12.6 Å². The molecule has 2 saturated carbocycles. The van der Waals surface area contributed by atoms with Gasteiger partial charge in [-0.15, -0.1) is 0 Å². The van der Waals surface area contributed by atoms with Crippen LogP contribution in [0.25, 0.3) is 11.5 Å². The van der Waals surface area contributed by atoms with Crippen LogP contribution in [-0.2, 0) is 14.3 Å². The molecule has 0 spiro atoms. The quantitative estimate of drug-likeness (QED) is 0.395. The predicted octanol–water partition coefficient (Wildman–Crippen LogP) is 3.03. The van der Waals surface area contributed by atoms with Crippen molar-refractivity contribution < 1.29 is 41.8 Å². The Kier molecular flexibility index (Phi) is 7.92. The molecule has 0 radical (unpaired) electrons. The molecule has 11 nitrogen and oxygen atoms in total. The highest BCUT2D eigenvalue weighted by Gasteiger charge is 2.44. The van der Waals surface area contributed by atoms with Crippen molar-refractivity contribution in [3.63, 3.8) is 0 Å². The van der Waals surface area contributed by atoms with E-state index in [0.29, 0.717) is 18.1 Å². The van der Waals surface area contributed by atoms with E-state index in [2.05, 4.69) is 15.0 Å². The molecule has 5 rings (SSSR count). The topological polar surface area (TPSA) is 146 Å². The van der Waals surface area contributed by atoms with Crippen molar-refractivity contribution in [1.29, 1.82) is 0 Å². The van der Waals surface area contributed by atoms with Crippen LogP contribution in [0.2, 0.25) is 0 Å². The number of oxazole rings is 1. The number of likely N-dealkylation sites (tertiary alicyclic amines) is 1. The minimum Gasteiger partial charge on any atom is -0.489 e. The van der Waals surface area contributed by atoms with E-state index in [1.807, 2.05) is 0 Å². The van der Waals surface area contributed by atoms with E-state index in [-0.39, 0.29) is 53.6 Å². The summed E-state index contributed by atoms with van der Waals surface area (Å²) >= 11 is 0. The second kappa shape index (κ2) is 11.4. The maximum atomic E-state index is 13.8. The molecular weight excluding hydrogens is 530 g/mol. The SMILES string of the molecule is COC(=O)[C@@H]1CC(NC(=O)C2CC2)CN1C(=O)c1nc(-c2ccc(OC(F)F)c(OCC3CC3)c2)oc1[C@H](C)N. The molecule has 1 aromatic carbocycles. The summed E-state index contributed by atoms with van der Waals surface area (Å²) in [6.07, 6.45) is 3.85. The molecule has 13 heteroatoms. The Balaban J connectivity index is 1.42. The minimum atomic E-state index is -3.04. The summed E-state index contributed by atoms with van der Waals surface area (Å²) in [5.41, 5.74) is 6.37. The summed E-state index contributed by atoms with van der Waals surface area (Å²) in [6.45, 7) is -0.987. The van der Waals surface area contributed by atoms with Crippen LogP contribution >= 0.6 is 0 Å². The van der Waals surface area contributed by atoms with Gasteiger partial charge in [0, 0.05) is 30.5 Å². The van der Waals surface area contributed by atoms with Gasteiger partial charge in [-0.1, -0.05) is 0 Å². The van der Waals surface area contributed by atoms with E-state index < -0.39 is 36.6 Å². The normalized spacial score (nSPS) is 21.3. The molecule has 1 unspecified atom stereocenters. The number of nitrogens with two attached hydrogens (primary N) is 1. The fourth-order valence-electron chi connectivity index (χ4n) is 4.68. The van der Waals surface area contributed by atoms with Crippen LogP contribution < -0.4 is 20.5 Å². The summed E-state index contributed by atoms with van der Waals surface area (Å²) < 4.78 is 47.1. The van der Waals surface area contributed by atoms with Crippen molar-refractivity contribution in [3.05, 3.63) is 29.7 Å². The van der Waals surface area contributed by atoms with Gasteiger partial charge in [-0.3, -0.25) is 9.59 Å². The van der Waals surface area contributed by atoms with Crippen molar-refractivity contribution in [2.75, 3.05) is 20.3 Å². The number of esters is 1. The lowest BCUT2D eigenvalue weighted by molar-refractivity contribution is -0.145. The van der Waals surface area contributed by atoms with Gasteiger partial charge in [-0.2, -0.15) is 8.78 Å². The summed E-state index contributed by atoms with van der Waals surface area (Å²) in [5.74, 6) is -0.921. The number of carbonyl (C=O) groups excluding carboxylic acids is 3. The lowest BCUT2D eigenvalue weighted by Gasteiger charge is -2.22. The van der Waals surface area contributed by atoms with Crippen molar-refractivity contribution in [3.8, 4) is 23.0 Å². The van der Waals surface area contributed by atoms with E-state index in [0.717, 1.165) is 25.7 Å². The largest absolute Gasteiger partial charge is 0.489 e. The number of nitrogens with one attached hydrogen (secondary N) is 1. The first-order chi connectivity index (χ1) is 19.1. The third-order valence-corrected chi connectivity index (χ3v) is 7.18. The van der Waals surface area contributed by atoms with Crippen LogP contribution in [0.15, 0.2) is 22.6 Å². The number of hydrogen-bond acceptors (Lipinski definition) is 9. The third-order valence-electron chi connectivity index (χ3n) is 7.18. The molecule has 1 aromatic heterocycles. The molecule has 0 bridgehead atoms. The van der Waals surface area contributed by atoms with E-state index in [1.165, 1.54) is 30.2 Å². The maximum Gasteiger partial charge on any atom is 0.387 e. The Morgan fingerprint density at radius 3 is 2.58 bits per heavy atom. The predicted molar refractivity (Wildman–Crippen MR) is 136 cm³/mol. The first-order valence-electron chi connectivity index (χ1n) is 13.3. The number of methoxy groups -OCH3 is 1. The number of amides is 2. The second-order valence-electron chi connectivity index (χ2n) is 10.5. The average molecular weight is 563 g/mol. The highest BCUT2D eigenvalue weighted by molar-refractivity contribution is 5.97. The summed E-state index contributed by atoms with van der Waals surface area (Å²) in [6, 6.07) is 2.14. The van der Waals surface area contributed by atoms with E-state index in [9.17, 15) is 23.2 Å². The highest BCUT2D eigenvalue weighted by Crippen LogP contribution is 2.37. The Hall–Kier alpha value is -3.74. The van der Waals surface area contributed by atoms with E-state index >= 15 is 0 Å². The number of ether oxygens (including phenoxy) is 3. The lowest BCUT2D eigenvalue weighted by atomic mass is 10.1. The minimum absolute atomic E-state index is 0.0166. The number of aromatic nitrogens is 1. The molecule has 3 fully saturated rings. The Bertz CT molecular complexity index is 1280. The van der Waals surface area contributed by atoms with Gasteiger partial charge < -0.3 is 34.6 Å². The van der Waals surface area contributed by atoms with Crippen molar-refractivity contribution in [2.45, 2.75) is 63.8 Å². The highest BCUT2D eigenvalue weighted by atomic mass is 19.3. The first kappa shape index (κ1) is 27.8. The van der Waals surface area contributed by atoms with Gasteiger partial charge in [0.25, 0.3) is 5.91 Å². The number of carbonyl (C=O) groups is 3. The fraction of sp³-hybridized carbons (Fsp3) is 0.556. The second-order valence-corrected chi connectivity index (χ2v) is 10.5. The van der Waals surface area contributed by atoms with Gasteiger partial charge in [0.15, 0.2) is 23.0 Å². The van der Waals surface area contributed by atoms with Crippen LogP contribution in [0.4, 0.5) is 8.78 Å². The van der Waals surface area contributed by atoms with Crippen molar-refractivity contribution in [2.24, 2.45) is 17.6 Å². The number of hydrogen-bond donors (Lipinski definition) is 2. The Morgan fingerprint density at radius 1 is 1.20 bits per heavy atom. The van der Waals surface area contributed by atoms with Gasteiger partial charge in [0.05, 0.1) is 19.8 Å². The molecule has 1 saturated heterocycles. The molecule has 1 aliphatic heterocycles. The zero-order valence-electron chi connectivity index (χ0n) is 22.2. The van der Waals surface area contributed by atoms with E-state index in [1.54, 1.807) is 6.92 Å². The number of nitrogens with zero attached hydrogens (tertiary/aromatic N) is 2. The summed E-state index contributed by atoms with van der Waals surface area (Å²) in [5, 5.41) is 2.92. The molecule has 3 atom stereocenters. The number of rotatable bonds is 11. The van der Waals surface area contributed by atoms with Crippen LogP contribution in [0, 0.1) is 11.8 Å². The average Bonchev–Trinajstić information content (AvgIpc) is 3.85. The fourth-order valence-corrected chi connectivity index (χ4v) is 4.68. The number of benzene rings is 1. The molecule has 2 heterocycles. The van der Waals surface area contributed by atoms with Crippen LogP contribution in [-0.4, -0.2) is 66.6 Å². The van der Waals surface area contributed by atoms with Crippen molar-refractivity contribution >= 4 is 17.8 Å². The zero-order valence-corrected chi connectivity index (χ0v) is 22.2. The monoisotopic (exact) mass is 562 g/mol. The Labute approximate surface area is 229 Å². The molecule has 2 aliphatic carbocycles. The molecule has 40 heavy (non-hydrogen) atoms. The van der Waals surface area contributed by atoms with E-state index in [4.69, 9.17) is 19.6 Å². The molecule has 216 valence electrons. The molecule has 2 aromatic rings. The number of alkyl halides is 2. The summed E-state index contributed by atoms with van der Waals surface area (Å²) in [4.78, 5) is 44.4. The molecule has 3 N–H and O–H groups in total. The lowest BCUT2D eigenvalue weighted by Crippen LogP contribution is -2.42. The van der Waals surface area contributed by atoms with Gasteiger partial charge in [0.1, 0.15) is 6.04 Å². The van der Waals surface area contributed by atoms with Crippen molar-refractivity contribution in [1.82, 2.24) is 15.2 Å². The van der Waals surface area contributed by atoms with Crippen LogP contribution in [0.1, 0.15) is 61.3 Å². The van der Waals surface area contributed by atoms with Crippen LogP contribution in [0.5, 0.6) is 11.5 Å². The molecular formula is C27H32F2N4O7.